The second-order valence-corrected chi connectivity index (χ2v) is 5.24. The molecule has 4 nitrogen and oxygen atoms in total. The summed E-state index contributed by atoms with van der Waals surface area (Å²) in [6.45, 7) is -0.0600. The average molecular weight is 334 g/mol. The molecule has 1 rings (SSSR count). The Morgan fingerprint density at radius 1 is 1.44 bits per heavy atom. The molecule has 0 saturated heterocycles. The number of rotatable bonds is 5. The second kappa shape index (κ2) is 6.75. The molecule has 0 fully saturated rings. The van der Waals surface area contributed by atoms with Crippen molar-refractivity contribution in [3.05, 3.63) is 33.3 Å². The van der Waals surface area contributed by atoms with E-state index < -0.39 is 5.91 Å². The lowest BCUT2D eigenvalue weighted by Gasteiger charge is -2.15. The minimum atomic E-state index is -0.519. The number of amides is 2. The molecule has 98 valence electrons. The average Bonchev–Trinajstić information content (AvgIpc) is 2.29. The van der Waals surface area contributed by atoms with E-state index in [1.54, 1.807) is 13.1 Å². The molecule has 0 heterocycles. The molecule has 0 aliphatic heterocycles. The summed E-state index contributed by atoms with van der Waals surface area (Å²) >= 11 is 9.29. The van der Waals surface area contributed by atoms with E-state index in [0.29, 0.717) is 17.9 Å². The number of carbonyl (C=O) groups is 2. The van der Waals surface area contributed by atoms with Gasteiger partial charge in [-0.25, -0.2) is 0 Å². The summed E-state index contributed by atoms with van der Waals surface area (Å²) in [6.07, 6.45) is 0.867. The normalized spacial score (nSPS) is 10.2. The van der Waals surface area contributed by atoms with Crippen LogP contribution >= 0.6 is 27.5 Å². The maximum absolute atomic E-state index is 11.7. The van der Waals surface area contributed by atoms with Gasteiger partial charge in [0.2, 0.25) is 11.8 Å². The number of benzene rings is 1. The van der Waals surface area contributed by atoms with Gasteiger partial charge in [0.15, 0.2) is 0 Å². The fraction of sp³-hybridized carbons (Fsp3) is 0.333. The van der Waals surface area contributed by atoms with E-state index in [1.165, 1.54) is 4.90 Å². The fourth-order valence-electron chi connectivity index (χ4n) is 1.49. The van der Waals surface area contributed by atoms with Gasteiger partial charge in [-0.15, -0.1) is 0 Å². The lowest BCUT2D eigenvalue weighted by molar-refractivity contribution is -0.133. The number of likely N-dealkylation sites (N-methyl/N-ethyl adjacent to an activating group) is 1. The number of hydrogen-bond acceptors (Lipinski definition) is 2. The van der Waals surface area contributed by atoms with E-state index in [0.717, 1.165) is 10.0 Å². The van der Waals surface area contributed by atoms with Crippen LogP contribution in [-0.4, -0.2) is 30.3 Å². The van der Waals surface area contributed by atoms with Gasteiger partial charge in [-0.05, 0) is 30.2 Å². The zero-order chi connectivity index (χ0) is 13.7. The molecule has 0 aliphatic rings. The molecule has 1 aromatic rings. The van der Waals surface area contributed by atoms with Crippen LogP contribution in [-0.2, 0) is 16.0 Å². The highest BCUT2D eigenvalue weighted by atomic mass is 79.9. The monoisotopic (exact) mass is 332 g/mol. The van der Waals surface area contributed by atoms with Crippen molar-refractivity contribution < 1.29 is 9.59 Å². The van der Waals surface area contributed by atoms with Crippen LogP contribution in [0.5, 0.6) is 0 Å². The van der Waals surface area contributed by atoms with E-state index >= 15 is 0 Å². The largest absolute Gasteiger partial charge is 0.368 e. The van der Waals surface area contributed by atoms with Crippen LogP contribution in [0.2, 0.25) is 5.02 Å². The van der Waals surface area contributed by atoms with Crippen LogP contribution in [0.3, 0.4) is 0 Å². The van der Waals surface area contributed by atoms with Crippen molar-refractivity contribution in [3.8, 4) is 0 Å². The third-order valence-corrected chi connectivity index (χ3v) is 3.44. The summed E-state index contributed by atoms with van der Waals surface area (Å²) < 4.78 is 0.914. The maximum atomic E-state index is 11.7. The molecule has 2 N–H and O–H groups in total. The lowest BCUT2D eigenvalue weighted by Crippen LogP contribution is -2.35. The summed E-state index contributed by atoms with van der Waals surface area (Å²) in [5.41, 5.74) is 5.99. The Morgan fingerprint density at radius 3 is 2.72 bits per heavy atom. The first-order valence-corrected chi connectivity index (χ1v) is 6.53. The van der Waals surface area contributed by atoms with E-state index in [9.17, 15) is 9.59 Å². The standard InChI is InChI=1S/C12H14BrClN2O2/c1-16(7-11(15)17)12(18)5-2-8-6-9(14)3-4-10(8)13/h3-4,6H,2,5,7H2,1H3,(H2,15,17). The van der Waals surface area contributed by atoms with Gasteiger partial charge in [-0.2, -0.15) is 0 Å². The smallest absolute Gasteiger partial charge is 0.237 e. The van der Waals surface area contributed by atoms with E-state index in [4.69, 9.17) is 17.3 Å². The van der Waals surface area contributed by atoms with Gasteiger partial charge >= 0.3 is 0 Å². The van der Waals surface area contributed by atoms with Crippen LogP contribution in [0.25, 0.3) is 0 Å². The first kappa shape index (κ1) is 15.0. The SMILES string of the molecule is CN(CC(N)=O)C(=O)CCc1cc(Cl)ccc1Br. The van der Waals surface area contributed by atoms with Gasteiger partial charge in [-0.1, -0.05) is 27.5 Å². The molecule has 1 aromatic carbocycles. The maximum Gasteiger partial charge on any atom is 0.237 e. The number of nitrogens with two attached hydrogens (primary N) is 1. The number of aryl methyl sites for hydroxylation is 1. The lowest BCUT2D eigenvalue weighted by atomic mass is 10.1. The molecule has 2 amide bonds. The van der Waals surface area contributed by atoms with Crippen molar-refractivity contribution in [2.24, 2.45) is 5.73 Å². The molecule has 18 heavy (non-hydrogen) atoms. The summed E-state index contributed by atoms with van der Waals surface area (Å²) in [6, 6.07) is 5.43. The first-order chi connectivity index (χ1) is 8.40. The highest BCUT2D eigenvalue weighted by molar-refractivity contribution is 9.10. The van der Waals surface area contributed by atoms with Crippen molar-refractivity contribution in [2.45, 2.75) is 12.8 Å². The van der Waals surface area contributed by atoms with Gasteiger partial charge in [0.05, 0.1) is 6.54 Å². The van der Waals surface area contributed by atoms with E-state index in [1.807, 2.05) is 12.1 Å². The highest BCUT2D eigenvalue weighted by Crippen LogP contribution is 2.22. The van der Waals surface area contributed by atoms with Crippen molar-refractivity contribution in [3.63, 3.8) is 0 Å². The van der Waals surface area contributed by atoms with Crippen LogP contribution in [0.4, 0.5) is 0 Å². The molecule has 0 bridgehead atoms. The second-order valence-electron chi connectivity index (χ2n) is 3.95. The predicted octanol–water partition coefficient (Wildman–Crippen LogP) is 1.98. The molecular formula is C12H14BrClN2O2. The van der Waals surface area contributed by atoms with Gasteiger partial charge in [-0.3, -0.25) is 9.59 Å². The van der Waals surface area contributed by atoms with Crippen LogP contribution < -0.4 is 5.73 Å². The van der Waals surface area contributed by atoms with Crippen molar-refractivity contribution in [2.75, 3.05) is 13.6 Å². The first-order valence-electron chi connectivity index (χ1n) is 5.36. The molecule has 0 saturated carbocycles. The van der Waals surface area contributed by atoms with Crippen molar-refractivity contribution in [1.29, 1.82) is 0 Å². The Hall–Kier alpha value is -1.07. The molecular weight excluding hydrogens is 320 g/mol. The number of primary amides is 1. The number of hydrogen-bond donors (Lipinski definition) is 1. The molecule has 0 atom stereocenters. The Balaban J connectivity index is 2.57. The van der Waals surface area contributed by atoms with Gasteiger partial charge in [0.1, 0.15) is 0 Å². The van der Waals surface area contributed by atoms with Crippen LogP contribution in [0.1, 0.15) is 12.0 Å². The summed E-state index contributed by atoms with van der Waals surface area (Å²) in [7, 11) is 1.56. The number of carbonyl (C=O) groups excluding carboxylic acids is 2. The zero-order valence-corrected chi connectivity index (χ0v) is 12.3. The van der Waals surface area contributed by atoms with Gasteiger partial charge < -0.3 is 10.6 Å². The Bertz CT molecular complexity index is 465. The summed E-state index contributed by atoms with van der Waals surface area (Å²) in [4.78, 5) is 23.7. The fourth-order valence-corrected chi connectivity index (χ4v) is 2.13. The Morgan fingerprint density at radius 2 is 2.11 bits per heavy atom. The number of nitrogens with zero attached hydrogens (tertiary/aromatic N) is 1. The number of halogens is 2. The third-order valence-electron chi connectivity index (χ3n) is 2.43. The van der Waals surface area contributed by atoms with Crippen LogP contribution in [0.15, 0.2) is 22.7 Å². The van der Waals surface area contributed by atoms with E-state index in [-0.39, 0.29) is 12.5 Å². The van der Waals surface area contributed by atoms with Gasteiger partial charge in [0, 0.05) is 23.0 Å². The van der Waals surface area contributed by atoms with Crippen molar-refractivity contribution in [1.82, 2.24) is 4.90 Å². The third kappa shape index (κ3) is 4.66. The molecule has 0 radical (unpaired) electrons. The van der Waals surface area contributed by atoms with Crippen molar-refractivity contribution >= 4 is 39.3 Å². The zero-order valence-electron chi connectivity index (χ0n) is 9.95. The molecule has 0 aromatic heterocycles. The van der Waals surface area contributed by atoms with E-state index in [2.05, 4.69) is 15.9 Å². The Labute approximate surface area is 119 Å². The molecule has 0 unspecified atom stereocenters. The molecule has 0 spiro atoms. The molecule has 0 aliphatic carbocycles. The minimum absolute atomic E-state index is 0.0600. The van der Waals surface area contributed by atoms with Crippen LogP contribution in [0, 0.1) is 0 Å². The highest BCUT2D eigenvalue weighted by Gasteiger charge is 2.12. The quantitative estimate of drug-likeness (QED) is 0.895. The molecule has 6 heteroatoms. The topological polar surface area (TPSA) is 63.4 Å². The Kier molecular flexibility index (Phi) is 5.62. The summed E-state index contributed by atoms with van der Waals surface area (Å²) in [5.74, 6) is -0.643. The predicted molar refractivity (Wildman–Crippen MR) is 74.3 cm³/mol. The van der Waals surface area contributed by atoms with Gasteiger partial charge in [0.25, 0.3) is 0 Å². The minimum Gasteiger partial charge on any atom is -0.368 e. The summed E-state index contributed by atoms with van der Waals surface area (Å²) in [5, 5.41) is 0.631.